The molecule has 0 rings (SSSR count). The molecule has 0 aromatic carbocycles. The quantitative estimate of drug-likeness (QED) is 0.610. The second-order valence-electron chi connectivity index (χ2n) is 3.49. The normalized spacial score (nSPS) is 13.1. The van der Waals surface area contributed by atoms with Gasteiger partial charge in [0.2, 0.25) is 5.91 Å². The molecule has 2 N–H and O–H groups in total. The van der Waals surface area contributed by atoms with E-state index in [0.717, 1.165) is 19.8 Å². The van der Waals surface area contributed by atoms with Crippen LogP contribution in [0.15, 0.2) is 0 Å². The number of carboxylic acids is 1. The van der Waals surface area contributed by atoms with E-state index in [9.17, 15) is 18.0 Å². The van der Waals surface area contributed by atoms with Gasteiger partial charge >= 0.3 is 5.97 Å². The number of amides is 1. The molecular weight excluding hydrogens is 234 g/mol. The summed E-state index contributed by atoms with van der Waals surface area (Å²) in [4.78, 5) is 21.7. The van der Waals surface area contributed by atoms with Gasteiger partial charge in [0.15, 0.2) is 15.1 Å². The van der Waals surface area contributed by atoms with E-state index in [-0.39, 0.29) is 0 Å². The Bertz CT molecular complexity index is 349. The number of hydrogen-bond donors (Lipinski definition) is 2. The van der Waals surface area contributed by atoms with E-state index in [2.05, 4.69) is 5.32 Å². The molecule has 0 aromatic rings. The van der Waals surface area contributed by atoms with E-state index >= 15 is 0 Å². The monoisotopic (exact) mass is 251 g/mol. The van der Waals surface area contributed by atoms with Crippen LogP contribution in [-0.2, 0) is 19.4 Å². The largest absolute Gasteiger partial charge is 0.480 e. The SMILES string of the molecule is CCCCNC(=O)CS(=O)(=O)C(C)C(=O)O. The number of hydrogen-bond acceptors (Lipinski definition) is 4. The van der Waals surface area contributed by atoms with Gasteiger partial charge < -0.3 is 10.4 Å². The maximum Gasteiger partial charge on any atom is 0.321 e. The van der Waals surface area contributed by atoms with Crippen LogP contribution in [0.3, 0.4) is 0 Å². The number of aliphatic carboxylic acids is 1. The fourth-order valence-electron chi connectivity index (χ4n) is 0.917. The molecule has 0 aromatic heterocycles. The summed E-state index contributed by atoms with van der Waals surface area (Å²) in [5.74, 6) is -2.87. The molecule has 0 radical (unpaired) electrons. The summed E-state index contributed by atoms with van der Waals surface area (Å²) >= 11 is 0. The standard InChI is InChI=1S/C9H17NO5S/c1-3-4-5-10-8(11)6-16(14,15)7(2)9(12)13/h7H,3-6H2,1-2H3,(H,10,11)(H,12,13). The maximum absolute atomic E-state index is 11.4. The number of carbonyl (C=O) groups is 2. The molecule has 1 amide bonds. The third-order valence-electron chi connectivity index (χ3n) is 2.07. The van der Waals surface area contributed by atoms with E-state index < -0.39 is 32.7 Å². The van der Waals surface area contributed by atoms with E-state index in [1.54, 1.807) is 0 Å². The smallest absolute Gasteiger partial charge is 0.321 e. The molecule has 0 aliphatic heterocycles. The van der Waals surface area contributed by atoms with Crippen molar-refractivity contribution in [3.63, 3.8) is 0 Å². The maximum atomic E-state index is 11.4. The molecule has 94 valence electrons. The topological polar surface area (TPSA) is 101 Å². The van der Waals surface area contributed by atoms with Crippen molar-refractivity contribution in [1.29, 1.82) is 0 Å². The van der Waals surface area contributed by atoms with Gasteiger partial charge in [0.25, 0.3) is 0 Å². The number of unbranched alkanes of at least 4 members (excludes halogenated alkanes) is 1. The van der Waals surface area contributed by atoms with Crippen molar-refractivity contribution in [2.75, 3.05) is 12.3 Å². The number of carbonyl (C=O) groups excluding carboxylic acids is 1. The van der Waals surface area contributed by atoms with Crippen LogP contribution in [0.25, 0.3) is 0 Å². The van der Waals surface area contributed by atoms with Crippen molar-refractivity contribution >= 4 is 21.7 Å². The Balaban J connectivity index is 4.27. The molecule has 0 fully saturated rings. The van der Waals surface area contributed by atoms with Crippen LogP contribution >= 0.6 is 0 Å². The van der Waals surface area contributed by atoms with Crippen LogP contribution in [0, 0.1) is 0 Å². The Kier molecular flexibility index (Phi) is 6.02. The minimum absolute atomic E-state index is 0.409. The molecule has 0 aliphatic carbocycles. The molecule has 0 spiro atoms. The molecule has 6 nitrogen and oxygen atoms in total. The van der Waals surface area contributed by atoms with Crippen molar-refractivity contribution in [3.8, 4) is 0 Å². The lowest BCUT2D eigenvalue weighted by Crippen LogP contribution is -2.37. The first-order valence-electron chi connectivity index (χ1n) is 5.02. The molecule has 0 saturated heterocycles. The van der Waals surface area contributed by atoms with Gasteiger partial charge in [0, 0.05) is 6.54 Å². The van der Waals surface area contributed by atoms with E-state index in [1.165, 1.54) is 0 Å². The summed E-state index contributed by atoms with van der Waals surface area (Å²) in [6, 6.07) is 0. The zero-order valence-electron chi connectivity index (χ0n) is 9.39. The van der Waals surface area contributed by atoms with Gasteiger partial charge in [-0.25, -0.2) is 8.42 Å². The van der Waals surface area contributed by atoms with E-state index in [1.807, 2.05) is 6.92 Å². The third-order valence-corrected chi connectivity index (χ3v) is 4.01. The summed E-state index contributed by atoms with van der Waals surface area (Å²) in [6.07, 6.45) is 1.65. The summed E-state index contributed by atoms with van der Waals surface area (Å²) in [5, 5.41) is 9.40. The second kappa shape index (κ2) is 6.47. The predicted octanol–water partition coefficient (Wildman–Crippen LogP) is -0.209. The zero-order chi connectivity index (χ0) is 12.8. The highest BCUT2D eigenvalue weighted by molar-refractivity contribution is 7.93. The molecular formula is C9H17NO5S. The minimum atomic E-state index is -3.91. The number of carboxylic acid groups (broad SMARTS) is 1. The van der Waals surface area contributed by atoms with Gasteiger partial charge in [0.1, 0.15) is 5.75 Å². The van der Waals surface area contributed by atoms with Crippen LogP contribution in [0.1, 0.15) is 26.7 Å². The van der Waals surface area contributed by atoms with Gasteiger partial charge in [-0.15, -0.1) is 0 Å². The summed E-state index contributed by atoms with van der Waals surface area (Å²) in [7, 11) is -3.91. The van der Waals surface area contributed by atoms with Crippen molar-refractivity contribution in [1.82, 2.24) is 5.32 Å². The van der Waals surface area contributed by atoms with E-state index in [0.29, 0.717) is 6.54 Å². The van der Waals surface area contributed by atoms with Crippen LogP contribution in [0.4, 0.5) is 0 Å². The van der Waals surface area contributed by atoms with Crippen molar-refractivity contribution in [3.05, 3.63) is 0 Å². The number of nitrogens with one attached hydrogen (secondary N) is 1. The Morgan fingerprint density at radius 3 is 2.38 bits per heavy atom. The minimum Gasteiger partial charge on any atom is -0.480 e. The lowest BCUT2D eigenvalue weighted by atomic mass is 10.3. The first kappa shape index (κ1) is 14.9. The summed E-state index contributed by atoms with van der Waals surface area (Å²) in [5.41, 5.74) is 0. The molecule has 0 saturated carbocycles. The number of sulfone groups is 1. The van der Waals surface area contributed by atoms with Crippen LogP contribution in [0.2, 0.25) is 0 Å². The first-order valence-corrected chi connectivity index (χ1v) is 6.74. The van der Waals surface area contributed by atoms with Gasteiger partial charge in [-0.1, -0.05) is 13.3 Å². The molecule has 1 unspecified atom stereocenters. The average molecular weight is 251 g/mol. The molecule has 1 atom stereocenters. The summed E-state index contributed by atoms with van der Waals surface area (Å²) < 4.78 is 22.7. The molecule has 0 aliphatic rings. The molecule has 0 bridgehead atoms. The third kappa shape index (κ3) is 5.11. The second-order valence-corrected chi connectivity index (χ2v) is 5.81. The predicted molar refractivity (Wildman–Crippen MR) is 58.8 cm³/mol. The highest BCUT2D eigenvalue weighted by Gasteiger charge is 2.29. The van der Waals surface area contributed by atoms with Gasteiger partial charge in [-0.05, 0) is 13.3 Å². The Labute approximate surface area is 95.0 Å². The number of rotatable bonds is 7. The van der Waals surface area contributed by atoms with Gasteiger partial charge in [-0.3, -0.25) is 9.59 Å². The first-order chi connectivity index (χ1) is 7.31. The van der Waals surface area contributed by atoms with Crippen LogP contribution < -0.4 is 5.32 Å². The Hall–Kier alpha value is -1.11. The zero-order valence-corrected chi connectivity index (χ0v) is 10.2. The highest BCUT2D eigenvalue weighted by Crippen LogP contribution is 2.02. The molecule has 7 heteroatoms. The van der Waals surface area contributed by atoms with Crippen molar-refractivity contribution < 1.29 is 23.1 Å². The lowest BCUT2D eigenvalue weighted by molar-refractivity contribution is -0.136. The lowest BCUT2D eigenvalue weighted by Gasteiger charge is -2.08. The highest BCUT2D eigenvalue weighted by atomic mass is 32.2. The fourth-order valence-corrected chi connectivity index (χ4v) is 1.94. The summed E-state index contributed by atoms with van der Waals surface area (Å²) in [6.45, 7) is 3.40. The van der Waals surface area contributed by atoms with Crippen LogP contribution in [0.5, 0.6) is 0 Å². The van der Waals surface area contributed by atoms with Gasteiger partial charge in [-0.2, -0.15) is 0 Å². The van der Waals surface area contributed by atoms with E-state index in [4.69, 9.17) is 5.11 Å². The molecule has 16 heavy (non-hydrogen) atoms. The van der Waals surface area contributed by atoms with Crippen molar-refractivity contribution in [2.24, 2.45) is 0 Å². The fraction of sp³-hybridized carbons (Fsp3) is 0.778. The Morgan fingerprint density at radius 1 is 1.38 bits per heavy atom. The average Bonchev–Trinajstić information content (AvgIpc) is 2.16. The van der Waals surface area contributed by atoms with Crippen LogP contribution in [-0.4, -0.2) is 42.9 Å². The van der Waals surface area contributed by atoms with Crippen molar-refractivity contribution in [2.45, 2.75) is 31.9 Å². The Morgan fingerprint density at radius 2 is 1.94 bits per heavy atom. The molecule has 0 heterocycles. The van der Waals surface area contributed by atoms with Gasteiger partial charge in [0.05, 0.1) is 0 Å².